The number of hydrogen-bond acceptors (Lipinski definition) is 32. The first kappa shape index (κ1) is 121. The molecule has 10 fully saturated rings. The zero-order chi connectivity index (χ0) is 99.9. The fourth-order valence-electron chi connectivity index (χ4n) is 17.5. The summed E-state index contributed by atoms with van der Waals surface area (Å²) >= 11 is 0. The van der Waals surface area contributed by atoms with Gasteiger partial charge < -0.3 is 4.74 Å². The standard InChI is InChI=1S/C15H23N3.C15H17N3.C11H11N5.C11H17N3.C10H12F3N3.C10H16N4O.C10H14N4.C9H12FN3.C9H13N3.CH4/c2*1-2-9-17-11-15(12-18(13-17)10-8-16)14-6-4-3-5-7-14;1-2-10(6-12)15-4-3-5-16(9-15)11(7-13)8-14;1-2-3-7-13-9-5-10-14(11-13)8-4-6-12;1-2-4-15-6-9(10(11,12)13)7-16(8-15)5-3-14;1-2-15-10-7-13(5-3-11)9-14(8-10)6-4-12;1-2-10-7-13(5-3-11)9-14(8-10)6-4-12;1-2-4-12-6-9(10)7-13(8-12)5-3-11;1-2-5-11-6-3-7-12(9-11)8-4-10;/h1,14-15H,3-7,9-13H2;1,3-7,15H,9-13H2;1,10-11H,3-5,9H2;1H,3-5,7-11H2;1,9H,4-8H2;10H,2,5-9H2,1H3;2,10H,1,5-9H2;1,9H,4-8H2;1H,3,5-9H2;1H4. The average Bonchev–Trinajstić information content (AvgIpc) is 0.835. The molecular weight excluding hydrogens is 1740 g/mol. The lowest BCUT2D eigenvalue weighted by Crippen LogP contribution is -2.53. The number of ether oxygens (including phenoxy) is 1. The predicted octanol–water partition coefficient (Wildman–Crippen LogP) is 6.32. The number of nitriles is 13. The maximum atomic E-state index is 13.1. The van der Waals surface area contributed by atoms with Crippen LogP contribution >= 0.6 is 0 Å². The molecule has 9 aliphatic heterocycles. The molecule has 0 spiro atoms. The summed E-state index contributed by atoms with van der Waals surface area (Å²) < 4.78 is 56.3. The van der Waals surface area contributed by atoms with Crippen LogP contribution in [-0.4, -0.2) is 408 Å². The first-order valence-electron chi connectivity index (χ1n) is 46.0. The topological polar surface area (TPSA) is 377 Å². The highest BCUT2D eigenvalue weighted by molar-refractivity contribution is 5.22. The van der Waals surface area contributed by atoms with Gasteiger partial charge in [0.05, 0.1) is 243 Å². The fourth-order valence-corrected chi connectivity index (χ4v) is 17.5. The van der Waals surface area contributed by atoms with E-state index in [2.05, 4.69) is 160 Å². The number of halogens is 4. The van der Waals surface area contributed by atoms with E-state index >= 15 is 0 Å². The van der Waals surface area contributed by atoms with E-state index in [1.54, 1.807) is 14.7 Å². The highest BCUT2D eigenvalue weighted by Gasteiger charge is 2.44. The lowest BCUT2D eigenvalue weighted by Gasteiger charge is -2.42. The van der Waals surface area contributed by atoms with E-state index < -0.39 is 30.3 Å². The molecule has 1 aromatic carbocycles. The van der Waals surface area contributed by atoms with Gasteiger partial charge in [0.15, 0.2) is 12.1 Å². The molecule has 10 aliphatic rings. The van der Waals surface area contributed by atoms with Gasteiger partial charge >= 0.3 is 6.18 Å². The Morgan fingerprint density at radius 2 is 0.708 bits per heavy atom. The average molecular weight is 1880 g/mol. The number of rotatable bonds is 25. The second kappa shape index (κ2) is 74.4. The lowest BCUT2D eigenvalue weighted by atomic mass is 9.79. The minimum atomic E-state index is -4.24. The molecule has 32 nitrogen and oxygen atoms in total. The van der Waals surface area contributed by atoms with Crippen LogP contribution in [0, 0.1) is 257 Å². The van der Waals surface area contributed by atoms with Crippen molar-refractivity contribution >= 4 is 0 Å². The Morgan fingerprint density at radius 3 is 1.11 bits per heavy atom. The van der Waals surface area contributed by atoms with Crippen LogP contribution in [0.25, 0.3) is 0 Å². The van der Waals surface area contributed by atoms with Gasteiger partial charge in [-0.05, 0) is 43.6 Å². The molecule has 1 aromatic rings. The summed E-state index contributed by atoms with van der Waals surface area (Å²) in [7, 11) is 0. The van der Waals surface area contributed by atoms with Gasteiger partial charge in [-0.25, -0.2) is 4.39 Å². The summed E-state index contributed by atoms with van der Waals surface area (Å²) in [6.45, 7) is 34.2. The summed E-state index contributed by atoms with van der Waals surface area (Å²) in [5.41, 5.74) is 1.32. The Kier molecular flexibility index (Phi) is 65.8. The molecular formula is C101H139F4N31O. The summed E-state index contributed by atoms with van der Waals surface area (Å²) in [6.07, 6.45) is 45.0. The zero-order valence-corrected chi connectivity index (χ0v) is 79.4. The molecule has 5 atom stereocenters. The molecule has 0 radical (unpaired) electrons. The maximum Gasteiger partial charge on any atom is 0.394 e. The molecule has 732 valence electrons. The van der Waals surface area contributed by atoms with E-state index in [1.165, 1.54) is 53.9 Å². The Hall–Kier alpha value is -11.8. The molecule has 11 rings (SSSR count). The maximum absolute atomic E-state index is 13.1. The highest BCUT2D eigenvalue weighted by Crippen LogP contribution is 2.34. The van der Waals surface area contributed by atoms with Gasteiger partial charge in [0.25, 0.3) is 0 Å². The monoisotopic (exact) mass is 1880 g/mol. The number of benzene rings is 1. The molecule has 0 aromatic heterocycles. The van der Waals surface area contributed by atoms with Crippen molar-refractivity contribution in [2.45, 2.75) is 115 Å². The molecule has 0 bridgehead atoms. The van der Waals surface area contributed by atoms with Crippen LogP contribution in [0.2, 0.25) is 0 Å². The van der Waals surface area contributed by atoms with Crippen LogP contribution in [0.4, 0.5) is 17.6 Å². The molecule has 36 heteroatoms. The third-order valence-electron chi connectivity index (χ3n) is 23.4. The Bertz CT molecular complexity index is 4270. The van der Waals surface area contributed by atoms with Gasteiger partial charge in [-0.2, -0.15) is 81.6 Å². The first-order chi connectivity index (χ1) is 66.0. The largest absolute Gasteiger partial charge is 0.394 e. The molecule has 9 heterocycles. The number of alkyl halides is 4. The van der Waals surface area contributed by atoms with Gasteiger partial charge in [0.2, 0.25) is 0 Å². The Labute approximate surface area is 816 Å². The van der Waals surface area contributed by atoms with E-state index in [0.717, 1.165) is 150 Å². The summed E-state index contributed by atoms with van der Waals surface area (Å²) in [5, 5.41) is 112. The predicted molar refractivity (Wildman–Crippen MR) is 517 cm³/mol. The molecule has 0 amide bonds. The van der Waals surface area contributed by atoms with Gasteiger partial charge in [0, 0.05) is 162 Å². The summed E-state index contributed by atoms with van der Waals surface area (Å²) in [4.78, 5) is 36.1. The van der Waals surface area contributed by atoms with Crippen molar-refractivity contribution in [2.75, 3.05) is 289 Å². The van der Waals surface area contributed by atoms with E-state index in [1.807, 2.05) is 73.9 Å². The van der Waals surface area contributed by atoms with Crippen molar-refractivity contribution in [3.05, 3.63) is 48.6 Å². The Balaban J connectivity index is 0.000000522. The second-order valence-electron chi connectivity index (χ2n) is 34.3. The van der Waals surface area contributed by atoms with Crippen molar-refractivity contribution in [1.82, 2.24) is 88.2 Å². The smallest absolute Gasteiger partial charge is 0.376 e. The number of nitrogens with zero attached hydrogens (tertiary/aromatic N) is 31. The van der Waals surface area contributed by atoms with Crippen molar-refractivity contribution in [2.24, 2.45) is 23.7 Å². The SMILES string of the molecule is C.C#CC(C#N)N1CCCN(C(C#N)C#N)C1.C#CCCN1CCCN(CCC#N)C1.C#CCN1CC(C(F)(F)F)CN(CC#N)C1.C#CCN1CC(C2CCCCC2)CN(CC#N)C1.C#CCN1CC(F)CN(CC#N)C1.C#CCN1CC(c2ccccc2)CN(CC#N)C1.C#CCN1CCCN(CC#N)C1.C=CC1CN(CC#N)CN(CC#N)C1.CCOC1CN(CC#N)CN(CC#N)C1. The van der Waals surface area contributed by atoms with Gasteiger partial charge in [-0.3, -0.25) is 88.2 Å². The van der Waals surface area contributed by atoms with E-state index in [4.69, 9.17) is 118 Å². The third-order valence-corrected chi connectivity index (χ3v) is 23.4. The number of terminal acetylenes is 7. The summed E-state index contributed by atoms with van der Waals surface area (Å²) in [6, 6.07) is 36.1. The van der Waals surface area contributed by atoms with Crippen LogP contribution < -0.4 is 0 Å². The second-order valence-corrected chi connectivity index (χ2v) is 34.3. The van der Waals surface area contributed by atoms with E-state index in [-0.39, 0.29) is 46.3 Å². The summed E-state index contributed by atoms with van der Waals surface area (Å²) in [5.74, 6) is 18.8. The molecule has 9 saturated heterocycles. The highest BCUT2D eigenvalue weighted by atomic mass is 19.4. The molecule has 1 saturated carbocycles. The molecule has 5 unspecified atom stereocenters. The quantitative estimate of drug-likeness (QED) is 0.0447. The molecule has 0 N–H and O–H groups in total. The van der Waals surface area contributed by atoms with Crippen molar-refractivity contribution in [1.29, 1.82) is 68.4 Å². The van der Waals surface area contributed by atoms with Crippen LogP contribution in [0.15, 0.2) is 43.0 Å². The number of hydrogen-bond donors (Lipinski definition) is 0. The van der Waals surface area contributed by atoms with Gasteiger partial charge in [-0.1, -0.05) is 111 Å². The third kappa shape index (κ3) is 50.7. The fraction of sp³-hybridized carbons (Fsp3) is 0.653. The zero-order valence-electron chi connectivity index (χ0n) is 79.4. The molecule has 1 aliphatic carbocycles. The normalized spacial score (nSPS) is 21.6. The van der Waals surface area contributed by atoms with Crippen molar-refractivity contribution < 1.29 is 22.3 Å². The van der Waals surface area contributed by atoms with E-state index in [9.17, 15) is 17.6 Å². The minimum Gasteiger partial charge on any atom is -0.376 e. The minimum absolute atomic E-state index is 0. The van der Waals surface area contributed by atoms with Crippen LogP contribution in [0.1, 0.15) is 90.0 Å². The van der Waals surface area contributed by atoms with Crippen LogP contribution in [0.3, 0.4) is 0 Å². The van der Waals surface area contributed by atoms with Gasteiger partial charge in [-0.15, -0.1) is 57.5 Å². The molecule has 137 heavy (non-hydrogen) atoms. The van der Waals surface area contributed by atoms with Gasteiger partial charge in [0.1, 0.15) is 6.17 Å². The van der Waals surface area contributed by atoms with Crippen LogP contribution in [0.5, 0.6) is 0 Å². The van der Waals surface area contributed by atoms with E-state index in [0.29, 0.717) is 156 Å². The first-order valence-corrected chi connectivity index (χ1v) is 46.0. The Morgan fingerprint density at radius 1 is 0.372 bits per heavy atom. The van der Waals surface area contributed by atoms with Crippen LogP contribution in [-0.2, 0) is 4.74 Å². The van der Waals surface area contributed by atoms with Crippen molar-refractivity contribution in [3.63, 3.8) is 0 Å². The lowest BCUT2D eigenvalue weighted by molar-refractivity contribution is -0.194. The van der Waals surface area contributed by atoms with Crippen molar-refractivity contribution in [3.8, 4) is 165 Å².